The molecule has 1 saturated carbocycles. The summed E-state index contributed by atoms with van der Waals surface area (Å²) in [5.41, 5.74) is -0.963. The minimum absolute atomic E-state index is 0.171. The highest BCUT2D eigenvalue weighted by Gasteiger charge is 2.44. The molecule has 162 valence electrons. The lowest BCUT2D eigenvalue weighted by Crippen LogP contribution is -2.49. The lowest BCUT2D eigenvalue weighted by Gasteiger charge is -2.36. The van der Waals surface area contributed by atoms with Crippen molar-refractivity contribution in [3.8, 4) is 0 Å². The summed E-state index contributed by atoms with van der Waals surface area (Å²) in [6.45, 7) is 0.567. The van der Waals surface area contributed by atoms with Crippen molar-refractivity contribution in [2.24, 2.45) is 0 Å². The van der Waals surface area contributed by atoms with Gasteiger partial charge in [0.15, 0.2) is 0 Å². The van der Waals surface area contributed by atoms with Crippen LogP contribution in [-0.4, -0.2) is 53.3 Å². The number of nitrogens with zero attached hydrogens (tertiary/aromatic N) is 2. The van der Waals surface area contributed by atoms with E-state index >= 15 is 0 Å². The van der Waals surface area contributed by atoms with Gasteiger partial charge in [0.1, 0.15) is 12.0 Å². The van der Waals surface area contributed by atoms with Crippen LogP contribution >= 0.6 is 11.6 Å². The van der Waals surface area contributed by atoms with Crippen LogP contribution in [0.2, 0.25) is 5.02 Å². The number of amides is 1. The molecule has 0 bridgehead atoms. The molecule has 2 aromatic rings. The molecule has 1 aliphatic heterocycles. The predicted molar refractivity (Wildman–Crippen MR) is 109 cm³/mol. The molecule has 1 aromatic heterocycles. The number of pyridine rings is 1. The van der Waals surface area contributed by atoms with Gasteiger partial charge in [0.05, 0.1) is 28.2 Å². The zero-order chi connectivity index (χ0) is 21.5. The molecule has 2 atom stereocenters. The van der Waals surface area contributed by atoms with Gasteiger partial charge in [-0.1, -0.05) is 11.6 Å². The fraction of sp³-hybridized carbons (Fsp3) is 0.524. The summed E-state index contributed by atoms with van der Waals surface area (Å²) >= 11 is 6.25. The van der Waals surface area contributed by atoms with E-state index in [-0.39, 0.29) is 42.9 Å². The molecule has 2 aliphatic rings. The van der Waals surface area contributed by atoms with Crippen LogP contribution in [0.3, 0.4) is 0 Å². The van der Waals surface area contributed by atoms with E-state index in [1.165, 1.54) is 0 Å². The van der Waals surface area contributed by atoms with E-state index in [2.05, 4.69) is 10.3 Å². The number of anilines is 1. The molecule has 0 spiro atoms. The van der Waals surface area contributed by atoms with E-state index < -0.39 is 30.0 Å². The first-order chi connectivity index (χ1) is 14.2. The standard InChI is InChI=1S/C21H23ClF3N3O2/c22-15-3-4-16-14(2-5-17(27-16)28-9-6-13(23)10-28)18(15)19(29)26-12-20(30)7-1-8-21(24,25)11-20/h2-5,13,30H,1,6-12H2,(H,26,29)/t13-,20+/m0/s1. The molecule has 1 saturated heterocycles. The monoisotopic (exact) mass is 441 g/mol. The van der Waals surface area contributed by atoms with Gasteiger partial charge >= 0.3 is 0 Å². The number of hydrogen-bond donors (Lipinski definition) is 2. The van der Waals surface area contributed by atoms with Gasteiger partial charge in [-0.2, -0.15) is 0 Å². The quantitative estimate of drug-likeness (QED) is 0.749. The Labute approximate surface area is 177 Å². The third kappa shape index (κ3) is 4.34. The Morgan fingerprint density at radius 2 is 2.10 bits per heavy atom. The largest absolute Gasteiger partial charge is 0.388 e. The lowest BCUT2D eigenvalue weighted by atomic mass is 9.82. The van der Waals surface area contributed by atoms with Gasteiger partial charge in [-0.25, -0.2) is 18.2 Å². The van der Waals surface area contributed by atoms with Crippen molar-refractivity contribution in [3.05, 3.63) is 34.9 Å². The number of halogens is 4. The SMILES string of the molecule is O=C(NC[C@@]1(O)CCCC(F)(F)C1)c1c(Cl)ccc2nc(N3CC[C@H](F)C3)ccc12. The normalized spacial score (nSPS) is 26.2. The van der Waals surface area contributed by atoms with Crippen LogP contribution in [0, 0.1) is 0 Å². The summed E-state index contributed by atoms with van der Waals surface area (Å²) in [6, 6.07) is 6.63. The van der Waals surface area contributed by atoms with Gasteiger partial charge in [-0.15, -0.1) is 0 Å². The second kappa shape index (κ2) is 7.89. The molecule has 2 N–H and O–H groups in total. The number of rotatable bonds is 4. The maximum atomic E-state index is 13.7. The molecule has 1 amide bonds. The molecule has 0 radical (unpaired) electrons. The van der Waals surface area contributed by atoms with Gasteiger partial charge in [0.25, 0.3) is 11.8 Å². The van der Waals surface area contributed by atoms with Gasteiger partial charge in [0, 0.05) is 31.3 Å². The van der Waals surface area contributed by atoms with E-state index in [1.807, 2.05) is 4.90 Å². The first-order valence-electron chi connectivity index (χ1n) is 10.0. The number of alkyl halides is 3. The molecule has 4 rings (SSSR count). The van der Waals surface area contributed by atoms with Crippen LogP contribution in [0.25, 0.3) is 10.9 Å². The average Bonchev–Trinajstić information content (AvgIpc) is 3.11. The third-order valence-electron chi connectivity index (χ3n) is 5.84. The van der Waals surface area contributed by atoms with Crippen molar-refractivity contribution >= 4 is 34.2 Å². The lowest BCUT2D eigenvalue weighted by molar-refractivity contribution is -0.121. The van der Waals surface area contributed by atoms with Gasteiger partial charge in [0.2, 0.25) is 0 Å². The Morgan fingerprint density at radius 1 is 1.30 bits per heavy atom. The molecule has 30 heavy (non-hydrogen) atoms. The maximum Gasteiger partial charge on any atom is 0.253 e. The maximum absolute atomic E-state index is 13.7. The number of hydrogen-bond acceptors (Lipinski definition) is 4. The topological polar surface area (TPSA) is 65.5 Å². The Hall–Kier alpha value is -2.06. The van der Waals surface area contributed by atoms with E-state index in [0.717, 1.165) is 0 Å². The van der Waals surface area contributed by atoms with Crippen LogP contribution in [0.15, 0.2) is 24.3 Å². The molecule has 9 heteroatoms. The third-order valence-corrected chi connectivity index (χ3v) is 6.15. The minimum Gasteiger partial charge on any atom is -0.388 e. The average molecular weight is 442 g/mol. The van der Waals surface area contributed by atoms with Crippen LogP contribution in [0.4, 0.5) is 19.0 Å². The number of aromatic nitrogens is 1. The Morgan fingerprint density at radius 3 is 2.80 bits per heavy atom. The first-order valence-corrected chi connectivity index (χ1v) is 10.4. The second-order valence-corrected chi connectivity index (χ2v) is 8.69. The van der Waals surface area contributed by atoms with Crippen molar-refractivity contribution in [1.29, 1.82) is 0 Å². The first kappa shape index (κ1) is 21.2. The Bertz CT molecular complexity index is 974. The van der Waals surface area contributed by atoms with Crippen LogP contribution in [0.5, 0.6) is 0 Å². The van der Waals surface area contributed by atoms with Gasteiger partial charge in [-0.05, 0) is 43.5 Å². The van der Waals surface area contributed by atoms with Crippen molar-refractivity contribution in [2.45, 2.75) is 49.8 Å². The van der Waals surface area contributed by atoms with Crippen LogP contribution in [-0.2, 0) is 0 Å². The summed E-state index contributed by atoms with van der Waals surface area (Å²) < 4.78 is 40.9. The molecule has 1 aliphatic carbocycles. The van der Waals surface area contributed by atoms with Gasteiger partial charge < -0.3 is 15.3 Å². The summed E-state index contributed by atoms with van der Waals surface area (Å²) in [7, 11) is 0. The fourth-order valence-electron chi connectivity index (χ4n) is 4.32. The predicted octanol–water partition coefficient (Wildman–Crippen LogP) is 4.11. The zero-order valence-corrected chi connectivity index (χ0v) is 17.1. The highest BCUT2D eigenvalue weighted by molar-refractivity contribution is 6.35. The number of aliphatic hydroxyl groups is 1. The molecule has 1 aromatic carbocycles. The highest BCUT2D eigenvalue weighted by atomic mass is 35.5. The molecule has 0 unspecified atom stereocenters. The molecular weight excluding hydrogens is 419 g/mol. The second-order valence-electron chi connectivity index (χ2n) is 8.28. The summed E-state index contributed by atoms with van der Waals surface area (Å²) in [5.74, 6) is -2.88. The molecule has 2 fully saturated rings. The smallest absolute Gasteiger partial charge is 0.253 e. The van der Waals surface area contributed by atoms with Crippen molar-refractivity contribution in [3.63, 3.8) is 0 Å². The van der Waals surface area contributed by atoms with Crippen LogP contribution < -0.4 is 10.2 Å². The molecular formula is C21H23ClF3N3O2. The van der Waals surface area contributed by atoms with Gasteiger partial charge in [-0.3, -0.25) is 4.79 Å². The minimum atomic E-state index is -2.94. The van der Waals surface area contributed by atoms with Crippen molar-refractivity contribution in [1.82, 2.24) is 10.3 Å². The van der Waals surface area contributed by atoms with Crippen LogP contribution in [0.1, 0.15) is 42.5 Å². The molecule has 2 heterocycles. The fourth-order valence-corrected chi connectivity index (χ4v) is 4.57. The van der Waals surface area contributed by atoms with E-state index in [9.17, 15) is 23.1 Å². The summed E-state index contributed by atoms with van der Waals surface area (Å²) in [5, 5.41) is 13.7. The Kier molecular flexibility index (Phi) is 5.57. The number of fused-ring (bicyclic) bond motifs is 1. The van der Waals surface area contributed by atoms with E-state index in [4.69, 9.17) is 11.6 Å². The van der Waals surface area contributed by atoms with E-state index in [0.29, 0.717) is 29.7 Å². The number of benzene rings is 1. The number of carbonyl (C=O) groups excluding carboxylic acids is 1. The van der Waals surface area contributed by atoms with Crippen molar-refractivity contribution in [2.75, 3.05) is 24.5 Å². The number of nitrogens with one attached hydrogen (secondary N) is 1. The highest BCUT2D eigenvalue weighted by Crippen LogP contribution is 2.39. The number of carbonyl (C=O) groups is 1. The van der Waals surface area contributed by atoms with E-state index in [1.54, 1.807) is 24.3 Å². The van der Waals surface area contributed by atoms with Crippen molar-refractivity contribution < 1.29 is 23.1 Å². The Balaban J connectivity index is 1.55. The zero-order valence-electron chi connectivity index (χ0n) is 16.3. The summed E-state index contributed by atoms with van der Waals surface area (Å²) in [6.07, 6.45) is -0.977. The summed E-state index contributed by atoms with van der Waals surface area (Å²) in [4.78, 5) is 19.2. The molecule has 5 nitrogen and oxygen atoms in total.